The monoisotopic (exact) mass is 275 g/mol. The number of hydrogen-bond donors (Lipinski definition) is 1. The van der Waals surface area contributed by atoms with Crippen LogP contribution in [0.4, 0.5) is 5.69 Å². The lowest BCUT2D eigenvalue weighted by Gasteiger charge is -2.07. The third kappa shape index (κ3) is 2.71. The zero-order valence-electron chi connectivity index (χ0n) is 10.7. The van der Waals surface area contributed by atoms with Crippen molar-refractivity contribution in [2.45, 2.75) is 6.92 Å². The number of methoxy groups -OCH3 is 1. The van der Waals surface area contributed by atoms with Crippen LogP contribution in [-0.4, -0.2) is 12.9 Å². The normalized spacial score (nSPS) is 10.3. The second-order valence-electron chi connectivity index (χ2n) is 4.25. The summed E-state index contributed by atoms with van der Waals surface area (Å²) in [6.45, 7) is 1.89. The number of carbonyl (C=O) groups is 1. The molecule has 2 rings (SSSR count). The Labute approximate surface area is 117 Å². The largest absolute Gasteiger partial charge is 0.496 e. The van der Waals surface area contributed by atoms with Crippen LogP contribution >= 0.6 is 11.6 Å². The van der Waals surface area contributed by atoms with Crippen LogP contribution in [-0.2, 0) is 0 Å². The summed E-state index contributed by atoms with van der Waals surface area (Å²) in [5.74, 6) is 0.666. The maximum atomic E-state index is 12.3. The predicted octanol–water partition coefficient (Wildman–Crippen LogP) is 3.47. The minimum atomic E-state index is -0.0901. The zero-order valence-corrected chi connectivity index (χ0v) is 11.5. The number of nitrogens with two attached hydrogens (primary N) is 1. The van der Waals surface area contributed by atoms with Crippen molar-refractivity contribution in [3.63, 3.8) is 0 Å². The van der Waals surface area contributed by atoms with Gasteiger partial charge in [0, 0.05) is 11.1 Å². The summed E-state index contributed by atoms with van der Waals surface area (Å²) in [4.78, 5) is 12.3. The van der Waals surface area contributed by atoms with Crippen LogP contribution in [0.25, 0.3) is 0 Å². The van der Waals surface area contributed by atoms with Gasteiger partial charge in [0.15, 0.2) is 5.78 Å². The number of hydrogen-bond acceptors (Lipinski definition) is 3. The second-order valence-corrected chi connectivity index (χ2v) is 4.66. The number of halogens is 1. The number of benzene rings is 2. The van der Waals surface area contributed by atoms with E-state index < -0.39 is 0 Å². The van der Waals surface area contributed by atoms with Gasteiger partial charge < -0.3 is 10.5 Å². The Morgan fingerprint density at radius 1 is 1.16 bits per heavy atom. The molecule has 2 aromatic carbocycles. The van der Waals surface area contributed by atoms with E-state index in [4.69, 9.17) is 22.1 Å². The Morgan fingerprint density at radius 2 is 1.79 bits per heavy atom. The molecule has 0 aliphatic carbocycles. The van der Waals surface area contributed by atoms with E-state index in [1.54, 1.807) is 43.5 Å². The Kier molecular flexibility index (Phi) is 3.76. The van der Waals surface area contributed by atoms with Gasteiger partial charge in [-0.05, 0) is 48.9 Å². The number of aryl methyl sites for hydroxylation is 1. The van der Waals surface area contributed by atoms with Crippen molar-refractivity contribution >= 4 is 23.1 Å². The quantitative estimate of drug-likeness (QED) is 0.689. The van der Waals surface area contributed by atoms with E-state index >= 15 is 0 Å². The highest BCUT2D eigenvalue weighted by Gasteiger charge is 2.12. The van der Waals surface area contributed by atoms with Gasteiger partial charge in [0.2, 0.25) is 0 Å². The molecule has 98 valence electrons. The van der Waals surface area contributed by atoms with Gasteiger partial charge in [0.05, 0.1) is 17.8 Å². The SMILES string of the molecule is COc1ccc(C(=O)c2ccc(N)c(Cl)c2)cc1C. The first kappa shape index (κ1) is 13.4. The Morgan fingerprint density at radius 3 is 2.37 bits per heavy atom. The maximum absolute atomic E-state index is 12.3. The minimum absolute atomic E-state index is 0.0901. The molecule has 3 nitrogen and oxygen atoms in total. The van der Waals surface area contributed by atoms with Crippen molar-refractivity contribution in [3.05, 3.63) is 58.1 Å². The van der Waals surface area contributed by atoms with Gasteiger partial charge in [0.1, 0.15) is 5.75 Å². The lowest BCUT2D eigenvalue weighted by molar-refractivity contribution is 0.103. The zero-order chi connectivity index (χ0) is 14.0. The van der Waals surface area contributed by atoms with Crippen LogP contribution in [0.1, 0.15) is 21.5 Å². The molecule has 0 aliphatic heterocycles. The highest BCUT2D eigenvalue weighted by Crippen LogP contribution is 2.24. The molecule has 0 amide bonds. The maximum Gasteiger partial charge on any atom is 0.193 e. The summed E-state index contributed by atoms with van der Waals surface area (Å²) in [6.07, 6.45) is 0. The molecular formula is C15H14ClNO2. The summed E-state index contributed by atoms with van der Waals surface area (Å²) >= 11 is 5.93. The van der Waals surface area contributed by atoms with Gasteiger partial charge in [-0.3, -0.25) is 4.79 Å². The van der Waals surface area contributed by atoms with Gasteiger partial charge in [0.25, 0.3) is 0 Å². The number of nitrogen functional groups attached to an aromatic ring is 1. The first-order chi connectivity index (χ1) is 9.02. The Hall–Kier alpha value is -2.00. The van der Waals surface area contributed by atoms with Crippen LogP contribution < -0.4 is 10.5 Å². The lowest BCUT2D eigenvalue weighted by Crippen LogP contribution is -2.03. The van der Waals surface area contributed by atoms with Crippen molar-refractivity contribution in [1.82, 2.24) is 0 Å². The highest BCUT2D eigenvalue weighted by molar-refractivity contribution is 6.33. The standard InChI is InChI=1S/C15H14ClNO2/c1-9-7-10(4-6-14(9)19-2)15(18)11-3-5-13(17)12(16)8-11/h3-8H,17H2,1-2H3. The first-order valence-electron chi connectivity index (χ1n) is 5.77. The summed E-state index contributed by atoms with van der Waals surface area (Å²) in [6, 6.07) is 10.2. The molecule has 0 radical (unpaired) electrons. The van der Waals surface area contributed by atoms with Crippen molar-refractivity contribution in [2.24, 2.45) is 0 Å². The topological polar surface area (TPSA) is 52.3 Å². The van der Waals surface area contributed by atoms with E-state index in [1.165, 1.54) is 0 Å². The smallest absolute Gasteiger partial charge is 0.193 e. The molecule has 2 N–H and O–H groups in total. The molecule has 0 saturated carbocycles. The Bertz CT molecular complexity index is 638. The summed E-state index contributed by atoms with van der Waals surface area (Å²) in [5.41, 5.74) is 8.12. The lowest BCUT2D eigenvalue weighted by atomic mass is 10.0. The van der Waals surface area contributed by atoms with Gasteiger partial charge >= 0.3 is 0 Å². The van der Waals surface area contributed by atoms with E-state index in [9.17, 15) is 4.79 Å². The fourth-order valence-electron chi connectivity index (χ4n) is 1.85. The van der Waals surface area contributed by atoms with Crippen molar-refractivity contribution in [1.29, 1.82) is 0 Å². The fraction of sp³-hybridized carbons (Fsp3) is 0.133. The number of carbonyl (C=O) groups excluding carboxylic acids is 1. The first-order valence-corrected chi connectivity index (χ1v) is 6.15. The van der Waals surface area contributed by atoms with Crippen LogP contribution in [0.15, 0.2) is 36.4 Å². The highest BCUT2D eigenvalue weighted by atomic mass is 35.5. The average Bonchev–Trinajstić information content (AvgIpc) is 2.41. The van der Waals surface area contributed by atoms with E-state index in [0.717, 1.165) is 11.3 Å². The molecule has 4 heteroatoms. The summed E-state index contributed by atoms with van der Waals surface area (Å²) in [5, 5.41) is 0.385. The van der Waals surface area contributed by atoms with E-state index in [-0.39, 0.29) is 5.78 Å². The van der Waals surface area contributed by atoms with E-state index in [0.29, 0.717) is 21.8 Å². The molecule has 0 spiro atoms. The van der Waals surface area contributed by atoms with Crippen LogP contribution in [0, 0.1) is 6.92 Å². The molecule has 0 unspecified atom stereocenters. The van der Waals surface area contributed by atoms with Crippen LogP contribution in [0.5, 0.6) is 5.75 Å². The molecule has 2 aromatic rings. The fourth-order valence-corrected chi connectivity index (χ4v) is 2.04. The van der Waals surface area contributed by atoms with Crippen LogP contribution in [0.2, 0.25) is 5.02 Å². The minimum Gasteiger partial charge on any atom is -0.496 e. The van der Waals surface area contributed by atoms with Gasteiger partial charge in [-0.2, -0.15) is 0 Å². The molecule has 0 heterocycles. The molecule has 0 aromatic heterocycles. The third-order valence-corrected chi connectivity index (χ3v) is 3.25. The number of ketones is 1. The summed E-state index contributed by atoms with van der Waals surface area (Å²) < 4.78 is 5.17. The van der Waals surface area contributed by atoms with E-state index in [1.807, 2.05) is 6.92 Å². The van der Waals surface area contributed by atoms with Crippen molar-refractivity contribution in [3.8, 4) is 5.75 Å². The molecule has 0 bridgehead atoms. The van der Waals surface area contributed by atoms with Gasteiger partial charge in [-0.1, -0.05) is 11.6 Å². The predicted molar refractivity (Wildman–Crippen MR) is 77.0 cm³/mol. The molecule has 0 atom stereocenters. The average molecular weight is 276 g/mol. The van der Waals surface area contributed by atoms with Crippen molar-refractivity contribution < 1.29 is 9.53 Å². The molecular weight excluding hydrogens is 262 g/mol. The van der Waals surface area contributed by atoms with Crippen molar-refractivity contribution in [2.75, 3.05) is 12.8 Å². The van der Waals surface area contributed by atoms with E-state index in [2.05, 4.69) is 0 Å². The van der Waals surface area contributed by atoms with Gasteiger partial charge in [-0.25, -0.2) is 0 Å². The van der Waals surface area contributed by atoms with Crippen LogP contribution in [0.3, 0.4) is 0 Å². The molecule has 0 aliphatic rings. The Balaban J connectivity index is 2.38. The van der Waals surface area contributed by atoms with Gasteiger partial charge in [-0.15, -0.1) is 0 Å². The number of ether oxygens (including phenoxy) is 1. The number of rotatable bonds is 3. The molecule has 0 saturated heterocycles. The molecule has 0 fully saturated rings. The number of anilines is 1. The third-order valence-electron chi connectivity index (χ3n) is 2.92. The summed E-state index contributed by atoms with van der Waals surface area (Å²) in [7, 11) is 1.60. The molecule has 19 heavy (non-hydrogen) atoms. The second kappa shape index (κ2) is 5.33.